The molecular formula is C21H24N8O. The van der Waals surface area contributed by atoms with Crippen LogP contribution in [0.15, 0.2) is 24.5 Å². The Balaban J connectivity index is 1.09. The van der Waals surface area contributed by atoms with Crippen molar-refractivity contribution in [1.29, 1.82) is 0 Å². The van der Waals surface area contributed by atoms with Crippen LogP contribution < -0.4 is 9.64 Å². The zero-order chi connectivity index (χ0) is 20.5. The number of hydrogen-bond donors (Lipinski definition) is 0. The van der Waals surface area contributed by atoms with E-state index >= 15 is 0 Å². The summed E-state index contributed by atoms with van der Waals surface area (Å²) in [6.07, 6.45) is 8.44. The normalized spacial score (nSPS) is 21.5. The fraction of sp³-hybridized carbons (Fsp3) is 0.524. The molecule has 3 aromatic heterocycles. The third kappa shape index (κ3) is 3.77. The predicted molar refractivity (Wildman–Crippen MR) is 110 cm³/mol. The summed E-state index contributed by atoms with van der Waals surface area (Å²) in [7, 11) is 0. The minimum absolute atomic E-state index is 0.338. The molecular weight excluding hydrogens is 380 g/mol. The average molecular weight is 404 g/mol. The van der Waals surface area contributed by atoms with Gasteiger partial charge >= 0.3 is 0 Å². The molecule has 1 aliphatic heterocycles. The number of rotatable bonds is 6. The molecule has 0 unspecified atom stereocenters. The molecule has 5 rings (SSSR count). The van der Waals surface area contributed by atoms with Crippen molar-refractivity contribution in [2.45, 2.75) is 32.6 Å². The van der Waals surface area contributed by atoms with E-state index in [4.69, 9.17) is 11.3 Å². The third-order valence-electron chi connectivity index (χ3n) is 6.23. The zero-order valence-corrected chi connectivity index (χ0v) is 17.0. The topological polar surface area (TPSA) is 85.7 Å². The molecule has 0 aromatic carbocycles. The van der Waals surface area contributed by atoms with Crippen LogP contribution in [0, 0.1) is 31.2 Å². The SMILES string of the molecule is [C-]#[N+]c1cc(OCC[C@@H]2C[C@@H]2C2CCN(c3nnc4ncccn34)CC2)nc(C)n1. The Morgan fingerprint density at radius 1 is 1.23 bits per heavy atom. The van der Waals surface area contributed by atoms with Crippen LogP contribution in [0.1, 0.15) is 31.5 Å². The highest BCUT2D eigenvalue weighted by Crippen LogP contribution is 2.49. The number of aromatic nitrogens is 6. The predicted octanol–water partition coefficient (Wildman–Crippen LogP) is 3.10. The lowest BCUT2D eigenvalue weighted by atomic mass is 9.90. The van der Waals surface area contributed by atoms with Crippen molar-refractivity contribution in [3.8, 4) is 5.88 Å². The standard InChI is InChI=1S/C21H24N8O/c1-14-24-18(22-2)13-19(25-14)30-11-6-16-12-17(16)15-4-9-28(10-5-15)21-27-26-20-23-7-3-8-29(20)21/h3,7-8,13,15-17H,4-6,9-12H2,1H3/t16-,17-/m1/s1. The fourth-order valence-electron chi connectivity index (χ4n) is 4.63. The van der Waals surface area contributed by atoms with E-state index in [0.29, 0.717) is 29.9 Å². The maximum atomic E-state index is 7.10. The number of aryl methyl sites for hydroxylation is 1. The van der Waals surface area contributed by atoms with Gasteiger partial charge in [-0.05, 0) is 49.5 Å². The Morgan fingerprint density at radius 2 is 2.10 bits per heavy atom. The minimum atomic E-state index is 0.338. The first-order valence-electron chi connectivity index (χ1n) is 10.5. The summed E-state index contributed by atoms with van der Waals surface area (Å²) < 4.78 is 7.76. The van der Waals surface area contributed by atoms with Crippen LogP contribution in [0.2, 0.25) is 0 Å². The average Bonchev–Trinajstić information content (AvgIpc) is 3.41. The number of hydrogen-bond acceptors (Lipinski definition) is 7. The van der Waals surface area contributed by atoms with Gasteiger partial charge in [-0.1, -0.05) is 6.57 Å². The molecule has 0 amide bonds. The summed E-state index contributed by atoms with van der Waals surface area (Å²) in [5.74, 6) is 5.29. The van der Waals surface area contributed by atoms with Crippen LogP contribution >= 0.6 is 0 Å². The van der Waals surface area contributed by atoms with Crippen molar-refractivity contribution in [2.24, 2.45) is 17.8 Å². The fourth-order valence-corrected chi connectivity index (χ4v) is 4.63. The second kappa shape index (κ2) is 7.86. The first-order valence-corrected chi connectivity index (χ1v) is 10.5. The van der Waals surface area contributed by atoms with Crippen LogP contribution in [0.5, 0.6) is 5.88 Å². The van der Waals surface area contributed by atoms with Crippen LogP contribution in [0.25, 0.3) is 10.6 Å². The summed E-state index contributed by atoms with van der Waals surface area (Å²) in [6, 6.07) is 3.53. The minimum Gasteiger partial charge on any atom is -0.478 e. The number of piperidine rings is 1. The highest BCUT2D eigenvalue weighted by Gasteiger charge is 2.43. The molecule has 9 nitrogen and oxygen atoms in total. The Morgan fingerprint density at radius 3 is 2.93 bits per heavy atom. The van der Waals surface area contributed by atoms with E-state index in [1.807, 2.05) is 16.7 Å². The molecule has 2 fully saturated rings. The molecule has 0 N–H and O–H groups in total. The monoisotopic (exact) mass is 404 g/mol. The maximum Gasteiger partial charge on any atom is 0.276 e. The second-order valence-electron chi connectivity index (χ2n) is 8.13. The van der Waals surface area contributed by atoms with Gasteiger partial charge in [0.25, 0.3) is 11.6 Å². The molecule has 0 bridgehead atoms. The Kier molecular flexibility index (Phi) is 4.91. The van der Waals surface area contributed by atoms with Crippen molar-refractivity contribution < 1.29 is 4.74 Å². The van der Waals surface area contributed by atoms with Crippen molar-refractivity contribution in [2.75, 3.05) is 24.6 Å². The van der Waals surface area contributed by atoms with E-state index in [0.717, 1.165) is 43.2 Å². The molecule has 2 atom stereocenters. The van der Waals surface area contributed by atoms with Crippen molar-refractivity contribution >= 4 is 17.5 Å². The number of nitrogens with zero attached hydrogens (tertiary/aromatic N) is 8. The molecule has 30 heavy (non-hydrogen) atoms. The first kappa shape index (κ1) is 18.7. The number of anilines is 1. The molecule has 0 spiro atoms. The van der Waals surface area contributed by atoms with Crippen LogP contribution in [0.3, 0.4) is 0 Å². The molecule has 0 radical (unpaired) electrons. The lowest BCUT2D eigenvalue weighted by molar-refractivity contribution is 0.275. The van der Waals surface area contributed by atoms with E-state index in [-0.39, 0.29) is 0 Å². The van der Waals surface area contributed by atoms with E-state index in [1.165, 1.54) is 19.3 Å². The van der Waals surface area contributed by atoms with E-state index in [1.54, 1.807) is 19.2 Å². The molecule has 1 saturated heterocycles. The van der Waals surface area contributed by atoms with E-state index in [2.05, 4.69) is 34.9 Å². The van der Waals surface area contributed by atoms with Crippen molar-refractivity contribution in [3.63, 3.8) is 0 Å². The lowest BCUT2D eigenvalue weighted by Crippen LogP contribution is -2.35. The third-order valence-corrected chi connectivity index (χ3v) is 6.23. The number of fused-ring (bicyclic) bond motifs is 1. The molecule has 4 heterocycles. The molecule has 1 saturated carbocycles. The molecule has 9 heteroatoms. The van der Waals surface area contributed by atoms with Crippen molar-refractivity contribution in [1.82, 2.24) is 29.5 Å². The van der Waals surface area contributed by atoms with Crippen LogP contribution in [-0.2, 0) is 0 Å². The summed E-state index contributed by atoms with van der Waals surface area (Å²) >= 11 is 0. The largest absolute Gasteiger partial charge is 0.478 e. The van der Waals surface area contributed by atoms with Gasteiger partial charge in [0.2, 0.25) is 17.7 Å². The molecule has 3 aromatic rings. The van der Waals surface area contributed by atoms with E-state index < -0.39 is 0 Å². The quantitative estimate of drug-likeness (QED) is 0.584. The van der Waals surface area contributed by atoms with Gasteiger partial charge < -0.3 is 14.5 Å². The first-order chi connectivity index (χ1) is 14.7. The summed E-state index contributed by atoms with van der Waals surface area (Å²) in [5, 5.41) is 8.51. The summed E-state index contributed by atoms with van der Waals surface area (Å²) in [5.41, 5.74) is 0. The Labute approximate surface area is 175 Å². The lowest BCUT2D eigenvalue weighted by Gasteiger charge is -2.32. The highest BCUT2D eigenvalue weighted by atomic mass is 16.5. The van der Waals surface area contributed by atoms with Gasteiger partial charge in [0, 0.05) is 38.5 Å². The molecule has 154 valence electrons. The van der Waals surface area contributed by atoms with Gasteiger partial charge in [0.1, 0.15) is 0 Å². The Hall–Kier alpha value is -3.28. The number of ether oxygens (including phenoxy) is 1. The smallest absolute Gasteiger partial charge is 0.276 e. The summed E-state index contributed by atoms with van der Waals surface area (Å²) in [4.78, 5) is 18.3. The second-order valence-corrected chi connectivity index (χ2v) is 8.13. The van der Waals surface area contributed by atoms with Crippen LogP contribution in [0.4, 0.5) is 11.8 Å². The highest BCUT2D eigenvalue weighted by molar-refractivity contribution is 5.41. The zero-order valence-electron chi connectivity index (χ0n) is 17.0. The summed E-state index contributed by atoms with van der Waals surface area (Å²) in [6.45, 7) is 11.5. The molecule has 1 aliphatic carbocycles. The van der Waals surface area contributed by atoms with Crippen LogP contribution in [-0.4, -0.2) is 49.2 Å². The van der Waals surface area contributed by atoms with Crippen molar-refractivity contribution in [3.05, 3.63) is 41.8 Å². The van der Waals surface area contributed by atoms with Gasteiger partial charge in [0.15, 0.2) is 0 Å². The van der Waals surface area contributed by atoms with E-state index in [9.17, 15) is 0 Å². The Bertz CT molecular complexity index is 1080. The molecule has 2 aliphatic rings. The maximum absolute atomic E-state index is 7.10. The van der Waals surface area contributed by atoms with Gasteiger partial charge in [-0.25, -0.2) is 4.98 Å². The van der Waals surface area contributed by atoms with Gasteiger partial charge in [-0.2, -0.15) is 4.98 Å². The van der Waals surface area contributed by atoms with Gasteiger partial charge in [-0.3, -0.25) is 4.40 Å². The van der Waals surface area contributed by atoms with Gasteiger partial charge in [-0.15, -0.1) is 15.2 Å². The van der Waals surface area contributed by atoms with Gasteiger partial charge in [0.05, 0.1) is 6.61 Å².